The number of hydrogen-bond donors (Lipinski definition) is 7. The van der Waals surface area contributed by atoms with Gasteiger partial charge in [-0.15, -0.1) is 0 Å². The summed E-state index contributed by atoms with van der Waals surface area (Å²) in [6.07, 6.45) is 1.16. The minimum atomic E-state index is -2.93. The molecule has 12 nitrogen and oxygen atoms in total. The van der Waals surface area contributed by atoms with E-state index in [0.717, 1.165) is 38.9 Å². The van der Waals surface area contributed by atoms with Crippen LogP contribution in [-0.4, -0.2) is 110 Å². The number of nitrogens with two attached hydrogens (primary N) is 1. The number of amides is 1. The minimum Gasteiger partial charge on any atom is -0.510 e. The Morgan fingerprint density at radius 3 is 2.38 bits per heavy atom. The highest BCUT2D eigenvalue weighted by Crippen LogP contribution is 2.56. The summed E-state index contributed by atoms with van der Waals surface area (Å²) >= 11 is 0. The van der Waals surface area contributed by atoms with Crippen molar-refractivity contribution in [3.8, 4) is 5.75 Å². The van der Waals surface area contributed by atoms with Crippen molar-refractivity contribution in [1.29, 1.82) is 0 Å². The maximum Gasteiger partial charge on any atom is 0.255 e. The molecule has 42 heavy (non-hydrogen) atoms. The maximum absolute atomic E-state index is 14.0. The summed E-state index contributed by atoms with van der Waals surface area (Å²) in [7, 11) is 3.01. The number of phenolic OH excluding ortho intramolecular Hbond substituents is 1. The number of hydrogen-bond acceptors (Lipinski definition) is 11. The molecule has 1 aliphatic heterocycles. The molecule has 228 valence electrons. The van der Waals surface area contributed by atoms with Gasteiger partial charge in [-0.05, 0) is 57.5 Å². The van der Waals surface area contributed by atoms with Crippen LogP contribution in [0.2, 0.25) is 0 Å². The van der Waals surface area contributed by atoms with Crippen LogP contribution >= 0.6 is 0 Å². The Hall–Kier alpha value is -3.45. The van der Waals surface area contributed by atoms with Gasteiger partial charge in [0.1, 0.15) is 22.8 Å². The van der Waals surface area contributed by atoms with E-state index in [4.69, 9.17) is 5.73 Å². The third-order valence-corrected chi connectivity index (χ3v) is 9.62. The first kappa shape index (κ1) is 30.0. The Morgan fingerprint density at radius 1 is 1.17 bits per heavy atom. The number of likely N-dealkylation sites (tertiary alicyclic amines) is 1. The molecular weight excluding hydrogens is 544 g/mol. The van der Waals surface area contributed by atoms with Crippen molar-refractivity contribution in [3.05, 3.63) is 45.9 Å². The zero-order valence-electron chi connectivity index (χ0n) is 24.3. The van der Waals surface area contributed by atoms with Gasteiger partial charge in [0.15, 0.2) is 11.4 Å². The van der Waals surface area contributed by atoms with Crippen LogP contribution in [0.3, 0.4) is 0 Å². The van der Waals surface area contributed by atoms with Gasteiger partial charge in [-0.25, -0.2) is 0 Å². The van der Waals surface area contributed by atoms with E-state index in [-0.39, 0.29) is 17.4 Å². The van der Waals surface area contributed by atoms with Crippen LogP contribution in [0.4, 0.5) is 5.69 Å². The van der Waals surface area contributed by atoms with Crippen LogP contribution in [0.25, 0.3) is 0 Å². The second-order valence-electron chi connectivity index (χ2n) is 12.2. The largest absolute Gasteiger partial charge is 0.510 e. The van der Waals surface area contributed by atoms with E-state index in [1.165, 1.54) is 19.0 Å². The minimum absolute atomic E-state index is 0.0750. The molecule has 4 aliphatic rings. The third-order valence-electron chi connectivity index (χ3n) is 9.62. The van der Waals surface area contributed by atoms with E-state index in [9.17, 15) is 39.9 Å². The SMILES string of the molecule is CCCN1CCC(Nc2ccc3c(c2O)C(=O)C2=C(O)[C@@]4(O)C(=O)C(C(N)=O)=C(O)[C@H](N(C)C)[C@H]4[C@H](O)[C@H]2[C@@H]3C)CC1. The molecule has 1 heterocycles. The molecule has 1 saturated heterocycles. The second kappa shape index (κ2) is 10.7. The normalized spacial score (nSPS) is 32.1. The van der Waals surface area contributed by atoms with Crippen molar-refractivity contribution in [2.24, 2.45) is 17.6 Å². The number of aliphatic hydroxyl groups excluding tert-OH is 3. The monoisotopic (exact) mass is 584 g/mol. The molecule has 1 aromatic carbocycles. The molecular formula is C30H40N4O8. The molecule has 1 aromatic rings. The number of benzene rings is 1. The van der Waals surface area contributed by atoms with Crippen molar-refractivity contribution in [3.63, 3.8) is 0 Å². The molecule has 0 unspecified atom stereocenters. The van der Waals surface area contributed by atoms with Gasteiger partial charge in [0.25, 0.3) is 5.91 Å². The van der Waals surface area contributed by atoms with Crippen LogP contribution in [0.15, 0.2) is 34.8 Å². The number of piperidine rings is 1. The lowest BCUT2D eigenvalue weighted by molar-refractivity contribution is -0.162. The van der Waals surface area contributed by atoms with Gasteiger partial charge in [0, 0.05) is 30.6 Å². The Bertz CT molecular complexity index is 1400. The third kappa shape index (κ3) is 4.23. The highest BCUT2D eigenvalue weighted by Gasteiger charge is 2.67. The molecule has 0 bridgehead atoms. The predicted octanol–water partition coefficient (Wildman–Crippen LogP) is 0.939. The van der Waals surface area contributed by atoms with E-state index in [0.29, 0.717) is 11.3 Å². The number of primary amides is 1. The number of ketones is 2. The number of aliphatic hydroxyl groups is 4. The molecule has 0 saturated carbocycles. The first-order valence-electron chi connectivity index (χ1n) is 14.4. The van der Waals surface area contributed by atoms with Crippen LogP contribution < -0.4 is 11.1 Å². The van der Waals surface area contributed by atoms with Gasteiger partial charge in [-0.3, -0.25) is 19.3 Å². The number of phenols is 1. The zero-order chi connectivity index (χ0) is 30.8. The van der Waals surface area contributed by atoms with Crippen molar-refractivity contribution in [2.75, 3.05) is 39.0 Å². The van der Waals surface area contributed by atoms with Crippen LogP contribution in [0, 0.1) is 11.8 Å². The average molecular weight is 585 g/mol. The lowest BCUT2D eigenvalue weighted by atomic mass is 9.55. The zero-order valence-corrected chi connectivity index (χ0v) is 24.3. The summed E-state index contributed by atoms with van der Waals surface area (Å²) in [5.74, 6) is -8.92. The number of carbonyl (C=O) groups is 3. The summed E-state index contributed by atoms with van der Waals surface area (Å²) in [4.78, 5) is 43.5. The van der Waals surface area contributed by atoms with Gasteiger partial charge >= 0.3 is 0 Å². The lowest BCUT2D eigenvalue weighted by Crippen LogP contribution is -2.68. The van der Waals surface area contributed by atoms with E-state index >= 15 is 0 Å². The number of rotatable bonds is 6. The fraction of sp³-hybridized carbons (Fsp3) is 0.567. The van der Waals surface area contributed by atoms with Crippen LogP contribution in [0.5, 0.6) is 5.75 Å². The first-order chi connectivity index (χ1) is 19.8. The smallest absolute Gasteiger partial charge is 0.255 e. The molecule has 0 aromatic heterocycles. The standard InChI is InChI=1S/C30H40N4O8/c1-5-10-34-11-8-14(9-12-34)32-16-7-6-15-13(2)17-19(24(36)18(15)23(16)35)27(39)30(42)21(25(17)37)22(33(3)4)26(38)20(28(30)40)29(31)41/h6-7,13-14,17,21-22,25,32,35,37-39,42H,5,8-12H2,1-4H3,(H2,31,41)/t13-,17+,21+,22-,25-,30-/m1/s1. The van der Waals surface area contributed by atoms with E-state index in [1.807, 2.05) is 0 Å². The van der Waals surface area contributed by atoms with Crippen molar-refractivity contribution >= 4 is 23.2 Å². The van der Waals surface area contributed by atoms with Gasteiger partial charge in [0.2, 0.25) is 5.78 Å². The van der Waals surface area contributed by atoms with Crippen molar-refractivity contribution < 1.29 is 39.9 Å². The van der Waals surface area contributed by atoms with Gasteiger partial charge in [0.05, 0.1) is 29.3 Å². The maximum atomic E-state index is 14.0. The van der Waals surface area contributed by atoms with Crippen LogP contribution in [-0.2, 0) is 9.59 Å². The summed E-state index contributed by atoms with van der Waals surface area (Å²) in [6, 6.07) is 2.18. The Morgan fingerprint density at radius 2 is 1.81 bits per heavy atom. The summed E-state index contributed by atoms with van der Waals surface area (Å²) < 4.78 is 0. The van der Waals surface area contributed by atoms with E-state index in [1.54, 1.807) is 19.1 Å². The van der Waals surface area contributed by atoms with E-state index in [2.05, 4.69) is 17.1 Å². The Labute approximate surface area is 244 Å². The number of nitrogens with zero attached hydrogens (tertiary/aromatic N) is 2. The summed E-state index contributed by atoms with van der Waals surface area (Å²) in [5.41, 5.74) is 1.80. The Balaban J connectivity index is 1.59. The number of aromatic hydroxyl groups is 1. The number of Topliss-reactive ketones (excluding diaryl/α,β-unsaturated/α-hetero) is 2. The van der Waals surface area contributed by atoms with E-state index < -0.39 is 75.6 Å². The van der Waals surface area contributed by atoms with Crippen molar-refractivity contribution in [1.82, 2.24) is 9.80 Å². The highest BCUT2D eigenvalue weighted by atomic mass is 16.4. The van der Waals surface area contributed by atoms with Crippen LogP contribution in [0.1, 0.15) is 54.9 Å². The molecule has 0 radical (unpaired) electrons. The fourth-order valence-electron chi connectivity index (χ4n) is 7.58. The molecule has 0 spiro atoms. The fourth-order valence-corrected chi connectivity index (χ4v) is 7.58. The van der Waals surface area contributed by atoms with Crippen molar-refractivity contribution in [2.45, 2.75) is 62.8 Å². The van der Waals surface area contributed by atoms with Gasteiger partial charge in [-0.2, -0.15) is 0 Å². The number of carbonyl (C=O) groups excluding carboxylic acids is 3. The Kier molecular flexibility index (Phi) is 7.63. The molecule has 3 aliphatic carbocycles. The topological polar surface area (TPSA) is 197 Å². The molecule has 6 atom stereocenters. The quantitative estimate of drug-likeness (QED) is 0.186. The molecule has 5 rings (SSSR count). The summed E-state index contributed by atoms with van der Waals surface area (Å²) in [6.45, 7) is 6.69. The predicted molar refractivity (Wildman–Crippen MR) is 153 cm³/mol. The van der Waals surface area contributed by atoms with Gasteiger partial charge < -0.3 is 41.5 Å². The number of anilines is 1. The molecule has 1 fully saturated rings. The second-order valence-corrected chi connectivity index (χ2v) is 12.2. The number of nitrogens with one attached hydrogen (secondary N) is 1. The average Bonchev–Trinajstić information content (AvgIpc) is 2.92. The van der Waals surface area contributed by atoms with Gasteiger partial charge in [-0.1, -0.05) is 19.9 Å². The lowest BCUT2D eigenvalue weighted by Gasteiger charge is -2.53. The first-order valence-corrected chi connectivity index (χ1v) is 14.4. The summed E-state index contributed by atoms with van der Waals surface area (Å²) in [5, 5.41) is 60.6. The molecule has 12 heteroatoms. The number of likely N-dealkylation sites (N-methyl/N-ethyl adjacent to an activating group) is 1. The molecule has 1 amide bonds. The molecule has 8 N–H and O–H groups in total. The number of fused-ring (bicyclic) bond motifs is 3. The highest BCUT2D eigenvalue weighted by molar-refractivity contribution is 6.25.